The maximum absolute atomic E-state index is 5.19. The number of rotatable bonds is 5. The summed E-state index contributed by atoms with van der Waals surface area (Å²) in [6, 6.07) is 27.7. The van der Waals surface area contributed by atoms with Gasteiger partial charge in [-0.25, -0.2) is 9.98 Å². The third-order valence-electron chi connectivity index (χ3n) is 4.62. The van der Waals surface area contributed by atoms with Crippen LogP contribution in [0.15, 0.2) is 95.0 Å². The van der Waals surface area contributed by atoms with Crippen molar-refractivity contribution >= 4 is 28.6 Å². The van der Waals surface area contributed by atoms with Crippen molar-refractivity contribution in [2.24, 2.45) is 10.1 Å². The van der Waals surface area contributed by atoms with Gasteiger partial charge in [0, 0.05) is 5.39 Å². The normalized spacial score (nSPS) is 11.7. The van der Waals surface area contributed by atoms with Crippen LogP contribution in [-0.4, -0.2) is 24.1 Å². The van der Waals surface area contributed by atoms with Gasteiger partial charge in [0.15, 0.2) is 5.84 Å². The quantitative estimate of drug-likeness (QED) is 0.286. The van der Waals surface area contributed by atoms with Gasteiger partial charge in [-0.05, 0) is 61.0 Å². The molecule has 0 aliphatic carbocycles. The molecule has 0 saturated heterocycles. The highest BCUT2D eigenvalue weighted by Gasteiger charge is 2.07. The topological polar surface area (TPSA) is 58.9 Å². The second-order valence-corrected chi connectivity index (χ2v) is 6.83. The number of fused-ring (bicyclic) bond motifs is 1. The fraction of sp³-hybridized carbons (Fsp3) is 0.0800. The molecule has 0 amide bonds. The number of ether oxygens (including phenoxy) is 1. The zero-order valence-electron chi connectivity index (χ0n) is 16.9. The summed E-state index contributed by atoms with van der Waals surface area (Å²) >= 11 is 0. The SMILES string of the molecule is COc1ccc(C=NNC(=Nc2ccc(C)cc2)c2ccc3ccccc3n2)cc1. The first kappa shape index (κ1) is 19.3. The van der Waals surface area contributed by atoms with Crippen LogP contribution >= 0.6 is 0 Å². The lowest BCUT2D eigenvalue weighted by molar-refractivity contribution is 0.415. The largest absolute Gasteiger partial charge is 0.497 e. The van der Waals surface area contributed by atoms with Gasteiger partial charge in [0.05, 0.1) is 24.5 Å². The van der Waals surface area contributed by atoms with E-state index in [9.17, 15) is 0 Å². The van der Waals surface area contributed by atoms with Crippen molar-refractivity contribution < 1.29 is 4.74 Å². The molecule has 3 aromatic carbocycles. The summed E-state index contributed by atoms with van der Waals surface area (Å²) in [4.78, 5) is 9.50. The lowest BCUT2D eigenvalue weighted by Crippen LogP contribution is -2.20. The average Bonchev–Trinajstić information content (AvgIpc) is 2.80. The Morgan fingerprint density at radius 1 is 0.900 bits per heavy atom. The zero-order chi connectivity index (χ0) is 20.8. The Kier molecular flexibility index (Phi) is 5.80. The summed E-state index contributed by atoms with van der Waals surface area (Å²) in [5, 5.41) is 5.46. The minimum atomic E-state index is 0.578. The van der Waals surface area contributed by atoms with Gasteiger partial charge in [-0.2, -0.15) is 5.10 Å². The van der Waals surface area contributed by atoms with Gasteiger partial charge in [0.2, 0.25) is 0 Å². The Bertz CT molecular complexity index is 1200. The fourth-order valence-electron chi connectivity index (χ4n) is 2.94. The standard InChI is InChI=1S/C25H22N4O/c1-18-7-12-21(13-8-18)27-25(24-16-11-20-5-3-4-6-23(20)28-24)29-26-17-19-9-14-22(30-2)15-10-19/h3-17H,1-2H3,(H,27,29). The molecule has 1 heterocycles. The maximum Gasteiger partial charge on any atom is 0.173 e. The van der Waals surface area contributed by atoms with Gasteiger partial charge in [0.25, 0.3) is 0 Å². The number of para-hydroxylation sites is 1. The van der Waals surface area contributed by atoms with Crippen LogP contribution < -0.4 is 10.2 Å². The molecular formula is C25H22N4O. The minimum absolute atomic E-state index is 0.578. The van der Waals surface area contributed by atoms with Crippen molar-refractivity contribution in [2.45, 2.75) is 6.92 Å². The van der Waals surface area contributed by atoms with Crippen LogP contribution in [0, 0.1) is 6.92 Å². The van der Waals surface area contributed by atoms with E-state index in [1.807, 2.05) is 84.9 Å². The number of hydrogen-bond acceptors (Lipinski definition) is 4. The lowest BCUT2D eigenvalue weighted by Gasteiger charge is -2.07. The maximum atomic E-state index is 5.19. The molecule has 0 fully saturated rings. The Balaban J connectivity index is 1.65. The van der Waals surface area contributed by atoms with Crippen molar-refractivity contribution in [1.82, 2.24) is 10.4 Å². The summed E-state index contributed by atoms with van der Waals surface area (Å²) in [5.41, 5.74) is 7.66. The summed E-state index contributed by atoms with van der Waals surface area (Å²) in [6.45, 7) is 2.05. The van der Waals surface area contributed by atoms with Crippen molar-refractivity contribution in [1.29, 1.82) is 0 Å². The number of amidine groups is 1. The highest BCUT2D eigenvalue weighted by molar-refractivity contribution is 6.00. The number of nitrogens with zero attached hydrogens (tertiary/aromatic N) is 3. The van der Waals surface area contributed by atoms with Gasteiger partial charge in [-0.3, -0.25) is 5.43 Å². The van der Waals surface area contributed by atoms with E-state index >= 15 is 0 Å². The van der Waals surface area contributed by atoms with Crippen LogP contribution in [0.5, 0.6) is 5.75 Å². The first-order valence-electron chi connectivity index (χ1n) is 9.66. The van der Waals surface area contributed by atoms with E-state index in [-0.39, 0.29) is 0 Å². The number of pyridine rings is 1. The highest BCUT2D eigenvalue weighted by Crippen LogP contribution is 2.16. The third-order valence-corrected chi connectivity index (χ3v) is 4.62. The molecule has 0 radical (unpaired) electrons. The molecule has 4 aromatic rings. The van der Waals surface area contributed by atoms with Crippen LogP contribution in [0.25, 0.3) is 10.9 Å². The molecule has 0 aliphatic rings. The molecule has 1 N–H and O–H groups in total. The molecular weight excluding hydrogens is 372 g/mol. The van der Waals surface area contributed by atoms with Crippen LogP contribution in [0.2, 0.25) is 0 Å². The van der Waals surface area contributed by atoms with Crippen LogP contribution in [0.4, 0.5) is 5.69 Å². The molecule has 1 aromatic heterocycles. The van der Waals surface area contributed by atoms with Crippen molar-refractivity contribution in [3.05, 3.63) is 102 Å². The second-order valence-electron chi connectivity index (χ2n) is 6.83. The highest BCUT2D eigenvalue weighted by atomic mass is 16.5. The molecule has 4 rings (SSSR count). The molecule has 148 valence electrons. The Labute approximate surface area is 175 Å². The predicted octanol–water partition coefficient (Wildman–Crippen LogP) is 5.25. The first-order valence-corrected chi connectivity index (χ1v) is 9.66. The van der Waals surface area contributed by atoms with Gasteiger partial charge >= 0.3 is 0 Å². The lowest BCUT2D eigenvalue weighted by atomic mass is 10.2. The Morgan fingerprint density at radius 3 is 2.43 bits per heavy atom. The van der Waals surface area contributed by atoms with Crippen molar-refractivity contribution in [3.63, 3.8) is 0 Å². The molecule has 0 aliphatic heterocycles. The molecule has 0 saturated carbocycles. The number of aliphatic imine (C=N–C) groups is 1. The molecule has 0 unspecified atom stereocenters. The Hall–Kier alpha value is -3.99. The molecule has 0 bridgehead atoms. The number of hydrazone groups is 1. The number of aromatic nitrogens is 1. The second kappa shape index (κ2) is 9.01. The number of nitrogens with one attached hydrogen (secondary N) is 1. The third kappa shape index (κ3) is 4.70. The summed E-state index contributed by atoms with van der Waals surface area (Å²) in [7, 11) is 1.65. The van der Waals surface area contributed by atoms with E-state index < -0.39 is 0 Å². The van der Waals surface area contributed by atoms with E-state index in [2.05, 4.69) is 17.5 Å². The van der Waals surface area contributed by atoms with Gasteiger partial charge in [0.1, 0.15) is 11.4 Å². The number of hydrogen-bond donors (Lipinski definition) is 1. The number of aryl methyl sites for hydroxylation is 1. The van der Waals surface area contributed by atoms with Crippen LogP contribution in [0.3, 0.4) is 0 Å². The average molecular weight is 394 g/mol. The number of benzene rings is 3. The van der Waals surface area contributed by atoms with E-state index in [1.54, 1.807) is 13.3 Å². The van der Waals surface area contributed by atoms with E-state index in [0.717, 1.165) is 33.6 Å². The molecule has 5 nitrogen and oxygen atoms in total. The summed E-state index contributed by atoms with van der Waals surface area (Å²) < 4.78 is 5.19. The van der Waals surface area contributed by atoms with Gasteiger partial charge in [-0.1, -0.05) is 42.0 Å². The fourth-order valence-corrected chi connectivity index (χ4v) is 2.94. The molecule has 0 atom stereocenters. The van der Waals surface area contributed by atoms with E-state index in [1.165, 1.54) is 5.56 Å². The monoisotopic (exact) mass is 394 g/mol. The van der Waals surface area contributed by atoms with Crippen molar-refractivity contribution in [2.75, 3.05) is 7.11 Å². The van der Waals surface area contributed by atoms with Crippen LogP contribution in [-0.2, 0) is 0 Å². The first-order chi connectivity index (χ1) is 14.7. The minimum Gasteiger partial charge on any atom is -0.497 e. The number of methoxy groups -OCH3 is 1. The van der Waals surface area contributed by atoms with Gasteiger partial charge in [-0.15, -0.1) is 0 Å². The van der Waals surface area contributed by atoms with E-state index in [4.69, 9.17) is 14.7 Å². The zero-order valence-corrected chi connectivity index (χ0v) is 16.9. The van der Waals surface area contributed by atoms with Gasteiger partial charge < -0.3 is 4.74 Å². The molecule has 0 spiro atoms. The van der Waals surface area contributed by atoms with Crippen LogP contribution in [0.1, 0.15) is 16.8 Å². The smallest absolute Gasteiger partial charge is 0.173 e. The summed E-state index contributed by atoms with van der Waals surface area (Å²) in [6.07, 6.45) is 1.74. The molecule has 5 heteroatoms. The van der Waals surface area contributed by atoms with E-state index in [0.29, 0.717) is 5.84 Å². The summed E-state index contributed by atoms with van der Waals surface area (Å²) in [5.74, 6) is 1.39. The predicted molar refractivity (Wildman–Crippen MR) is 123 cm³/mol. The Morgan fingerprint density at radius 2 is 1.67 bits per heavy atom. The molecule has 30 heavy (non-hydrogen) atoms. The van der Waals surface area contributed by atoms with Crippen molar-refractivity contribution in [3.8, 4) is 5.75 Å².